The van der Waals surface area contributed by atoms with Gasteiger partial charge < -0.3 is 15.5 Å². The van der Waals surface area contributed by atoms with Crippen LogP contribution in [-0.4, -0.2) is 51.8 Å². The quantitative estimate of drug-likeness (QED) is 0.646. The Morgan fingerprint density at radius 1 is 1.13 bits per heavy atom. The number of pyridine rings is 1. The molecule has 168 valence electrons. The Hall–Kier alpha value is -2.35. The van der Waals surface area contributed by atoms with E-state index in [2.05, 4.69) is 46.4 Å². The molecule has 8 heteroatoms. The topological polar surface area (TPSA) is 83.0 Å². The van der Waals surface area contributed by atoms with Crippen molar-refractivity contribution < 1.29 is 4.79 Å². The molecular formula is C23H34N6OS. The predicted molar refractivity (Wildman–Crippen MR) is 128 cm³/mol. The Morgan fingerprint density at radius 3 is 2.45 bits per heavy atom. The largest absolute Gasteiger partial charge is 0.362 e. The van der Waals surface area contributed by atoms with Crippen LogP contribution in [0.2, 0.25) is 0 Å². The van der Waals surface area contributed by atoms with E-state index in [1.807, 2.05) is 44.2 Å². The van der Waals surface area contributed by atoms with Gasteiger partial charge in [0.2, 0.25) is 5.95 Å². The molecule has 1 saturated carbocycles. The number of aromatic nitrogens is 3. The summed E-state index contributed by atoms with van der Waals surface area (Å²) >= 11 is 1.62. The number of aryl methyl sites for hydroxylation is 1. The average molecular weight is 443 g/mol. The molecule has 0 aromatic carbocycles. The predicted octanol–water partition coefficient (Wildman–Crippen LogP) is 4.29. The lowest BCUT2D eigenvalue weighted by atomic mass is 9.91. The minimum Gasteiger partial charge on any atom is -0.362 e. The molecule has 2 N–H and O–H groups in total. The van der Waals surface area contributed by atoms with Crippen molar-refractivity contribution in [1.82, 2.24) is 20.3 Å². The number of carbonyl (C=O) groups is 1. The number of rotatable bonds is 6. The highest BCUT2D eigenvalue weighted by Gasteiger charge is 2.25. The number of hydrogen-bond acceptors (Lipinski definition) is 7. The van der Waals surface area contributed by atoms with E-state index < -0.39 is 0 Å². The summed E-state index contributed by atoms with van der Waals surface area (Å²) in [7, 11) is 3.97. The molecule has 1 amide bonds. The molecule has 7 nitrogen and oxygen atoms in total. The van der Waals surface area contributed by atoms with E-state index in [1.54, 1.807) is 18.0 Å². The highest BCUT2D eigenvalue weighted by Crippen LogP contribution is 2.32. The summed E-state index contributed by atoms with van der Waals surface area (Å²) in [6.07, 6.45) is 7.40. The van der Waals surface area contributed by atoms with Crippen LogP contribution in [0.4, 0.5) is 11.8 Å². The molecule has 0 bridgehead atoms. The normalized spacial score (nSPS) is 19.0. The van der Waals surface area contributed by atoms with Crippen LogP contribution in [-0.2, 0) is 0 Å². The molecule has 0 atom stereocenters. The van der Waals surface area contributed by atoms with Crippen molar-refractivity contribution in [2.45, 2.75) is 75.2 Å². The van der Waals surface area contributed by atoms with E-state index in [4.69, 9.17) is 0 Å². The molecule has 1 aliphatic rings. The maximum Gasteiger partial charge on any atom is 0.254 e. The van der Waals surface area contributed by atoms with Crippen LogP contribution in [0.25, 0.3) is 0 Å². The van der Waals surface area contributed by atoms with Crippen molar-refractivity contribution in [3.05, 3.63) is 35.7 Å². The first-order valence-corrected chi connectivity index (χ1v) is 11.7. The van der Waals surface area contributed by atoms with Crippen molar-refractivity contribution in [2.75, 3.05) is 24.3 Å². The number of nitrogens with zero attached hydrogens (tertiary/aromatic N) is 4. The van der Waals surface area contributed by atoms with Crippen molar-refractivity contribution in [1.29, 1.82) is 0 Å². The zero-order valence-electron chi connectivity index (χ0n) is 19.4. The van der Waals surface area contributed by atoms with Gasteiger partial charge in [0.15, 0.2) is 0 Å². The molecule has 0 radical (unpaired) electrons. The number of amides is 1. The fourth-order valence-corrected chi connectivity index (χ4v) is 4.68. The Labute approximate surface area is 189 Å². The summed E-state index contributed by atoms with van der Waals surface area (Å²) < 4.78 is -0.00237. The standard InChI is InChI=1S/C23H34N6OS/c1-15-14-25-22(28-19(15)29(5)6)27-17-11-9-16(10-12-17)26-20(30)18-8-7-13-24-21(18)31-23(2,3)4/h7-8,13-14,16-17H,9-12H2,1-6H3,(H,26,30)(H,25,27,28). The minimum atomic E-state index is -0.0336. The molecule has 2 heterocycles. The van der Waals surface area contributed by atoms with Gasteiger partial charge in [0.1, 0.15) is 10.8 Å². The summed E-state index contributed by atoms with van der Waals surface area (Å²) in [5.74, 6) is 1.56. The lowest BCUT2D eigenvalue weighted by molar-refractivity contribution is 0.0923. The van der Waals surface area contributed by atoms with Gasteiger partial charge in [0, 0.05) is 48.9 Å². The van der Waals surface area contributed by atoms with Gasteiger partial charge in [0.05, 0.1) is 5.56 Å². The Balaban J connectivity index is 1.55. The van der Waals surface area contributed by atoms with E-state index in [0.717, 1.165) is 42.1 Å². The number of nitrogens with one attached hydrogen (secondary N) is 2. The third kappa shape index (κ3) is 6.56. The average Bonchev–Trinajstić information content (AvgIpc) is 2.70. The Morgan fingerprint density at radius 2 is 1.81 bits per heavy atom. The molecule has 2 aromatic rings. The second kappa shape index (κ2) is 9.85. The van der Waals surface area contributed by atoms with Crippen LogP contribution in [0.15, 0.2) is 29.6 Å². The van der Waals surface area contributed by atoms with Crippen molar-refractivity contribution in [3.8, 4) is 0 Å². The second-order valence-corrected chi connectivity index (χ2v) is 11.1. The first kappa shape index (κ1) is 23.3. The molecular weight excluding hydrogens is 408 g/mol. The summed E-state index contributed by atoms with van der Waals surface area (Å²) in [4.78, 5) is 28.4. The van der Waals surface area contributed by atoms with Gasteiger partial charge in [-0.05, 0) is 44.7 Å². The lowest BCUT2D eigenvalue weighted by Crippen LogP contribution is -2.40. The zero-order chi connectivity index (χ0) is 22.6. The smallest absolute Gasteiger partial charge is 0.254 e. The van der Waals surface area contributed by atoms with Gasteiger partial charge in [-0.1, -0.05) is 32.5 Å². The van der Waals surface area contributed by atoms with Gasteiger partial charge in [0.25, 0.3) is 5.91 Å². The van der Waals surface area contributed by atoms with Crippen LogP contribution < -0.4 is 15.5 Å². The van der Waals surface area contributed by atoms with Crippen LogP contribution in [0.5, 0.6) is 0 Å². The third-order valence-electron chi connectivity index (χ3n) is 5.18. The van der Waals surface area contributed by atoms with Crippen LogP contribution in [0.1, 0.15) is 62.4 Å². The highest BCUT2D eigenvalue weighted by molar-refractivity contribution is 8.00. The molecule has 0 spiro atoms. The van der Waals surface area contributed by atoms with E-state index >= 15 is 0 Å². The maximum absolute atomic E-state index is 12.9. The minimum absolute atomic E-state index is 0.00237. The van der Waals surface area contributed by atoms with Gasteiger partial charge in [-0.2, -0.15) is 4.98 Å². The molecule has 2 aromatic heterocycles. The van der Waals surface area contributed by atoms with Gasteiger partial charge >= 0.3 is 0 Å². The molecule has 0 aliphatic heterocycles. The number of anilines is 2. The van der Waals surface area contributed by atoms with E-state index in [0.29, 0.717) is 17.6 Å². The van der Waals surface area contributed by atoms with Crippen LogP contribution in [0.3, 0.4) is 0 Å². The first-order valence-electron chi connectivity index (χ1n) is 10.8. The molecule has 0 saturated heterocycles. The second-order valence-electron chi connectivity index (χ2n) is 9.33. The van der Waals surface area contributed by atoms with Gasteiger partial charge in [-0.15, -0.1) is 0 Å². The van der Waals surface area contributed by atoms with Crippen LogP contribution >= 0.6 is 11.8 Å². The van der Waals surface area contributed by atoms with E-state index in [-0.39, 0.29) is 16.7 Å². The van der Waals surface area contributed by atoms with Crippen molar-refractivity contribution in [3.63, 3.8) is 0 Å². The monoisotopic (exact) mass is 442 g/mol. The van der Waals surface area contributed by atoms with E-state index in [9.17, 15) is 4.79 Å². The third-order valence-corrected chi connectivity index (χ3v) is 6.31. The first-order chi connectivity index (χ1) is 14.6. The summed E-state index contributed by atoms with van der Waals surface area (Å²) in [5.41, 5.74) is 1.72. The van der Waals surface area contributed by atoms with Crippen molar-refractivity contribution >= 4 is 29.4 Å². The van der Waals surface area contributed by atoms with Gasteiger partial charge in [-0.25, -0.2) is 9.97 Å². The van der Waals surface area contributed by atoms with Crippen LogP contribution in [0, 0.1) is 6.92 Å². The fourth-order valence-electron chi connectivity index (χ4n) is 3.72. The number of thioether (sulfide) groups is 1. The summed E-state index contributed by atoms with van der Waals surface area (Å²) in [6.45, 7) is 8.39. The summed E-state index contributed by atoms with van der Waals surface area (Å²) in [5, 5.41) is 7.48. The SMILES string of the molecule is Cc1cnc(NC2CCC(NC(=O)c3cccnc3SC(C)(C)C)CC2)nc1N(C)C. The molecule has 3 rings (SSSR count). The number of carbonyl (C=O) groups excluding carboxylic acids is 1. The molecule has 0 unspecified atom stereocenters. The molecule has 1 aliphatic carbocycles. The van der Waals surface area contributed by atoms with Crippen molar-refractivity contribution in [2.24, 2.45) is 0 Å². The molecule has 31 heavy (non-hydrogen) atoms. The lowest BCUT2D eigenvalue weighted by Gasteiger charge is -2.30. The van der Waals surface area contributed by atoms with E-state index in [1.165, 1.54) is 0 Å². The van der Waals surface area contributed by atoms with Gasteiger partial charge in [-0.3, -0.25) is 4.79 Å². The zero-order valence-corrected chi connectivity index (χ0v) is 20.2. The summed E-state index contributed by atoms with van der Waals surface area (Å²) in [6, 6.07) is 4.18. The maximum atomic E-state index is 12.9. The Kier molecular flexibility index (Phi) is 7.41. The number of hydrogen-bond donors (Lipinski definition) is 2. The fraction of sp³-hybridized carbons (Fsp3) is 0.565. The highest BCUT2D eigenvalue weighted by atomic mass is 32.2. The molecule has 1 fully saturated rings. The Bertz CT molecular complexity index is 903.